The SMILES string of the molecule is CC(C)N1c2c(cc(C=O)cc2-c2cncnc2)CC1C(=O)O. The van der Waals surface area contributed by atoms with Crippen LogP contribution >= 0.6 is 0 Å². The van der Waals surface area contributed by atoms with Crippen molar-refractivity contribution >= 4 is 17.9 Å². The number of carbonyl (C=O) groups excluding carboxylic acids is 1. The zero-order valence-electron chi connectivity index (χ0n) is 12.9. The molecule has 1 N–H and O–H groups in total. The van der Waals surface area contributed by atoms with E-state index < -0.39 is 12.0 Å². The fourth-order valence-corrected chi connectivity index (χ4v) is 3.19. The quantitative estimate of drug-likeness (QED) is 0.871. The van der Waals surface area contributed by atoms with E-state index >= 15 is 0 Å². The highest BCUT2D eigenvalue weighted by Crippen LogP contribution is 2.42. The lowest BCUT2D eigenvalue weighted by atomic mass is 9.98. The van der Waals surface area contributed by atoms with Gasteiger partial charge in [0.1, 0.15) is 18.7 Å². The summed E-state index contributed by atoms with van der Waals surface area (Å²) >= 11 is 0. The summed E-state index contributed by atoms with van der Waals surface area (Å²) in [5, 5.41) is 9.56. The highest BCUT2D eigenvalue weighted by atomic mass is 16.4. The second-order valence-corrected chi connectivity index (χ2v) is 5.88. The fraction of sp³-hybridized carbons (Fsp3) is 0.294. The number of carboxylic acids is 1. The van der Waals surface area contributed by atoms with Crippen LogP contribution in [-0.2, 0) is 11.2 Å². The zero-order chi connectivity index (χ0) is 16.6. The van der Waals surface area contributed by atoms with Crippen molar-refractivity contribution in [1.82, 2.24) is 9.97 Å². The van der Waals surface area contributed by atoms with E-state index in [9.17, 15) is 14.7 Å². The minimum absolute atomic E-state index is 0.0165. The number of aromatic nitrogens is 2. The molecule has 23 heavy (non-hydrogen) atoms. The summed E-state index contributed by atoms with van der Waals surface area (Å²) < 4.78 is 0. The monoisotopic (exact) mass is 311 g/mol. The van der Waals surface area contributed by atoms with Gasteiger partial charge in [-0.25, -0.2) is 14.8 Å². The van der Waals surface area contributed by atoms with Gasteiger partial charge in [-0.3, -0.25) is 4.79 Å². The predicted octanol–water partition coefficient (Wildman–Crippen LogP) is 2.18. The molecule has 1 aliphatic rings. The Morgan fingerprint density at radius 2 is 2.04 bits per heavy atom. The second kappa shape index (κ2) is 5.79. The van der Waals surface area contributed by atoms with Gasteiger partial charge in [0.05, 0.1) is 0 Å². The number of aliphatic carboxylic acids is 1. The number of carbonyl (C=O) groups is 2. The van der Waals surface area contributed by atoms with E-state index in [1.165, 1.54) is 6.33 Å². The Balaban J connectivity index is 2.25. The van der Waals surface area contributed by atoms with Crippen molar-refractivity contribution in [3.8, 4) is 11.1 Å². The van der Waals surface area contributed by atoms with Crippen LogP contribution < -0.4 is 4.90 Å². The van der Waals surface area contributed by atoms with Crippen LogP contribution in [0.2, 0.25) is 0 Å². The van der Waals surface area contributed by atoms with Crippen molar-refractivity contribution in [3.05, 3.63) is 42.0 Å². The molecule has 0 fully saturated rings. The molecule has 0 spiro atoms. The molecule has 118 valence electrons. The minimum Gasteiger partial charge on any atom is -0.480 e. The number of fused-ring (bicyclic) bond motifs is 1. The van der Waals surface area contributed by atoms with Crippen molar-refractivity contribution in [1.29, 1.82) is 0 Å². The van der Waals surface area contributed by atoms with E-state index in [1.807, 2.05) is 18.7 Å². The molecule has 0 aliphatic carbocycles. The van der Waals surface area contributed by atoms with Crippen LogP contribution in [0.25, 0.3) is 11.1 Å². The lowest BCUT2D eigenvalue weighted by molar-refractivity contribution is -0.138. The van der Waals surface area contributed by atoms with Crippen molar-refractivity contribution in [2.45, 2.75) is 32.4 Å². The molecule has 0 bridgehead atoms. The summed E-state index contributed by atoms with van der Waals surface area (Å²) in [7, 11) is 0. The molecule has 3 rings (SSSR count). The molecule has 0 saturated heterocycles. The van der Waals surface area contributed by atoms with Gasteiger partial charge in [0.2, 0.25) is 0 Å². The number of hydrogen-bond donors (Lipinski definition) is 1. The molecule has 1 aromatic carbocycles. The van der Waals surface area contributed by atoms with Gasteiger partial charge >= 0.3 is 5.97 Å². The van der Waals surface area contributed by atoms with Gasteiger partial charge in [0.25, 0.3) is 0 Å². The summed E-state index contributed by atoms with van der Waals surface area (Å²) in [6, 6.07) is 2.93. The maximum Gasteiger partial charge on any atom is 0.326 e. The molecule has 1 aromatic heterocycles. The molecule has 2 aromatic rings. The molecule has 6 nitrogen and oxygen atoms in total. The average Bonchev–Trinajstić information content (AvgIpc) is 2.94. The summed E-state index contributed by atoms with van der Waals surface area (Å²) in [4.78, 5) is 32.9. The number of anilines is 1. The van der Waals surface area contributed by atoms with Crippen molar-refractivity contribution < 1.29 is 14.7 Å². The summed E-state index contributed by atoms with van der Waals surface area (Å²) in [6.07, 6.45) is 5.94. The first-order chi connectivity index (χ1) is 11.0. The molecule has 1 aliphatic heterocycles. The molecule has 1 unspecified atom stereocenters. The number of hydrogen-bond acceptors (Lipinski definition) is 5. The summed E-state index contributed by atoms with van der Waals surface area (Å²) in [5.41, 5.74) is 3.81. The largest absolute Gasteiger partial charge is 0.480 e. The van der Waals surface area contributed by atoms with E-state index in [4.69, 9.17) is 0 Å². The van der Waals surface area contributed by atoms with E-state index in [0.717, 1.165) is 28.7 Å². The van der Waals surface area contributed by atoms with Crippen LogP contribution in [0.3, 0.4) is 0 Å². The fourth-order valence-electron chi connectivity index (χ4n) is 3.19. The molecule has 0 amide bonds. The van der Waals surface area contributed by atoms with Crippen LogP contribution in [0.4, 0.5) is 5.69 Å². The molecule has 2 heterocycles. The summed E-state index contributed by atoms with van der Waals surface area (Å²) in [6.45, 7) is 3.92. The minimum atomic E-state index is -0.863. The van der Waals surface area contributed by atoms with Gasteiger partial charge in [-0.15, -0.1) is 0 Å². The van der Waals surface area contributed by atoms with Crippen molar-refractivity contribution in [2.24, 2.45) is 0 Å². The van der Waals surface area contributed by atoms with Gasteiger partial charge in [-0.2, -0.15) is 0 Å². The standard InChI is InChI=1S/C17H17N3O3/c1-10(2)20-15(17(22)23)5-12-3-11(8-21)4-14(16(12)20)13-6-18-9-19-7-13/h3-4,6-10,15H,5H2,1-2H3,(H,22,23). The van der Waals surface area contributed by atoms with Gasteiger partial charge in [0.15, 0.2) is 0 Å². The van der Waals surface area contributed by atoms with Crippen molar-refractivity contribution in [3.63, 3.8) is 0 Å². The third-order valence-corrected chi connectivity index (χ3v) is 4.07. The molecular weight excluding hydrogens is 294 g/mol. The Morgan fingerprint density at radius 1 is 1.35 bits per heavy atom. The van der Waals surface area contributed by atoms with Crippen LogP contribution in [-0.4, -0.2) is 39.4 Å². The maximum absolute atomic E-state index is 11.7. The molecular formula is C17H17N3O3. The molecule has 1 atom stereocenters. The van der Waals surface area contributed by atoms with Gasteiger partial charge in [-0.1, -0.05) is 0 Å². The summed E-state index contributed by atoms with van der Waals surface area (Å²) in [5.74, 6) is -0.863. The smallest absolute Gasteiger partial charge is 0.326 e. The number of rotatable bonds is 4. The molecule has 0 saturated carbocycles. The average molecular weight is 311 g/mol. The van der Waals surface area contributed by atoms with E-state index in [0.29, 0.717) is 12.0 Å². The number of aldehydes is 1. The predicted molar refractivity (Wildman–Crippen MR) is 85.6 cm³/mol. The van der Waals surface area contributed by atoms with E-state index in [-0.39, 0.29) is 6.04 Å². The Morgan fingerprint density at radius 3 is 2.61 bits per heavy atom. The Hall–Kier alpha value is -2.76. The number of benzene rings is 1. The Labute approximate surface area is 133 Å². The molecule has 0 radical (unpaired) electrons. The van der Waals surface area contributed by atoms with Gasteiger partial charge < -0.3 is 10.0 Å². The first-order valence-corrected chi connectivity index (χ1v) is 7.41. The van der Waals surface area contributed by atoms with E-state index in [2.05, 4.69) is 9.97 Å². The van der Waals surface area contributed by atoms with Crippen LogP contribution in [0.15, 0.2) is 30.9 Å². The van der Waals surface area contributed by atoms with Crippen LogP contribution in [0.5, 0.6) is 0 Å². The zero-order valence-corrected chi connectivity index (χ0v) is 12.9. The lowest BCUT2D eigenvalue weighted by Crippen LogP contribution is -2.43. The van der Waals surface area contributed by atoms with Crippen LogP contribution in [0.1, 0.15) is 29.8 Å². The maximum atomic E-state index is 11.7. The van der Waals surface area contributed by atoms with Crippen molar-refractivity contribution in [2.75, 3.05) is 4.90 Å². The van der Waals surface area contributed by atoms with Crippen LogP contribution in [0, 0.1) is 0 Å². The number of carboxylic acid groups (broad SMARTS) is 1. The van der Waals surface area contributed by atoms with E-state index in [1.54, 1.807) is 24.5 Å². The topological polar surface area (TPSA) is 83.4 Å². The highest BCUT2D eigenvalue weighted by Gasteiger charge is 2.38. The highest BCUT2D eigenvalue weighted by molar-refractivity contribution is 5.92. The lowest BCUT2D eigenvalue weighted by Gasteiger charge is -2.30. The van der Waals surface area contributed by atoms with Gasteiger partial charge in [0, 0.05) is 47.2 Å². The number of nitrogens with zero attached hydrogens (tertiary/aromatic N) is 3. The molecule has 6 heteroatoms. The third-order valence-electron chi connectivity index (χ3n) is 4.07. The first kappa shape index (κ1) is 15.1. The Kier molecular flexibility index (Phi) is 3.82. The third kappa shape index (κ3) is 2.56. The first-order valence-electron chi connectivity index (χ1n) is 7.41. The normalized spacial score (nSPS) is 16.5. The Bertz CT molecular complexity index is 759. The second-order valence-electron chi connectivity index (χ2n) is 5.88. The van der Waals surface area contributed by atoms with Gasteiger partial charge in [-0.05, 0) is 31.5 Å².